The van der Waals surface area contributed by atoms with Crippen molar-refractivity contribution in [3.8, 4) is 0 Å². The molecule has 0 unspecified atom stereocenters. The van der Waals surface area contributed by atoms with Crippen LogP contribution in [0, 0.1) is 19.8 Å². The summed E-state index contributed by atoms with van der Waals surface area (Å²) in [7, 11) is 0. The van der Waals surface area contributed by atoms with Gasteiger partial charge in [-0.2, -0.15) is 0 Å². The van der Waals surface area contributed by atoms with Crippen LogP contribution in [0.1, 0.15) is 11.1 Å². The maximum Gasteiger partial charge on any atom is 0.251 e. The van der Waals surface area contributed by atoms with Crippen LogP contribution in [-0.4, -0.2) is 23.1 Å². The van der Waals surface area contributed by atoms with Gasteiger partial charge in [-0.3, -0.25) is 19.5 Å². The molecule has 0 saturated carbocycles. The van der Waals surface area contributed by atoms with Crippen LogP contribution in [0.5, 0.6) is 0 Å². The largest absolute Gasteiger partial charge is 0.301 e. The highest BCUT2D eigenvalue weighted by molar-refractivity contribution is 7.80. The van der Waals surface area contributed by atoms with Gasteiger partial charge in [0.2, 0.25) is 5.91 Å². The number of hydrogen-bond donors (Lipinski definition) is 1. The number of halogens is 1. The molecule has 0 spiro atoms. The first-order valence-electron chi connectivity index (χ1n) is 7.93. The summed E-state index contributed by atoms with van der Waals surface area (Å²) in [6, 6.07) is 12.6. The number of amides is 2. The molecule has 0 aliphatic carbocycles. The highest BCUT2D eigenvalue weighted by Crippen LogP contribution is 2.26. The van der Waals surface area contributed by atoms with Gasteiger partial charge in [0.1, 0.15) is 0 Å². The third-order valence-electron chi connectivity index (χ3n) is 4.10. The molecule has 1 aliphatic heterocycles. The molecule has 3 rings (SSSR count). The molecule has 26 heavy (non-hydrogen) atoms. The molecule has 1 heterocycles. The van der Waals surface area contributed by atoms with Crippen molar-refractivity contribution < 1.29 is 9.59 Å². The predicted octanol–water partition coefficient (Wildman–Crippen LogP) is 3.72. The Morgan fingerprint density at radius 3 is 2.54 bits per heavy atom. The zero-order valence-electron chi connectivity index (χ0n) is 14.2. The average Bonchev–Trinajstić information content (AvgIpc) is 2.59. The Labute approximate surface area is 161 Å². The Balaban J connectivity index is 1.91. The Bertz CT molecular complexity index is 925. The monoisotopic (exact) mass is 385 g/mol. The summed E-state index contributed by atoms with van der Waals surface area (Å²) in [5, 5.41) is 3.20. The van der Waals surface area contributed by atoms with Crippen molar-refractivity contribution in [1.29, 1.82) is 0 Å². The second kappa shape index (κ2) is 7.35. The molecule has 0 aromatic heterocycles. The topological polar surface area (TPSA) is 61.8 Å². The van der Waals surface area contributed by atoms with Crippen LogP contribution in [0.15, 0.2) is 47.5 Å². The lowest BCUT2D eigenvalue weighted by Crippen LogP contribution is -2.58. The third-order valence-corrected chi connectivity index (χ3v) is 4.79. The van der Waals surface area contributed by atoms with Gasteiger partial charge in [0.05, 0.1) is 11.4 Å². The molecule has 1 fully saturated rings. The van der Waals surface area contributed by atoms with E-state index in [1.54, 1.807) is 30.3 Å². The van der Waals surface area contributed by atoms with Crippen LogP contribution in [0.4, 0.5) is 11.4 Å². The van der Waals surface area contributed by atoms with Gasteiger partial charge in [-0.1, -0.05) is 35.4 Å². The maximum atomic E-state index is 12.9. The van der Waals surface area contributed by atoms with Crippen LogP contribution in [-0.2, 0) is 9.59 Å². The second-order valence-corrected chi connectivity index (χ2v) is 6.74. The number of aliphatic imine (C=N–C) groups is 1. The molecule has 2 aromatic carbocycles. The number of carbonyl (C=O) groups is 2. The average molecular weight is 386 g/mol. The molecule has 5 nitrogen and oxygen atoms in total. The van der Waals surface area contributed by atoms with E-state index in [1.165, 1.54) is 11.1 Å². The van der Waals surface area contributed by atoms with Crippen molar-refractivity contribution in [3.63, 3.8) is 0 Å². The summed E-state index contributed by atoms with van der Waals surface area (Å²) < 4.78 is 0. The van der Waals surface area contributed by atoms with Crippen molar-refractivity contribution in [2.75, 3.05) is 4.90 Å². The second-order valence-electron chi connectivity index (χ2n) is 5.94. The smallest absolute Gasteiger partial charge is 0.251 e. The van der Waals surface area contributed by atoms with Gasteiger partial charge >= 0.3 is 0 Å². The van der Waals surface area contributed by atoms with E-state index in [-0.39, 0.29) is 5.11 Å². The zero-order chi connectivity index (χ0) is 18.8. The summed E-state index contributed by atoms with van der Waals surface area (Å²) in [6.07, 6.45) is 1.33. The Hall–Kier alpha value is -2.57. The zero-order valence-corrected chi connectivity index (χ0v) is 15.8. The number of rotatable bonds is 3. The lowest BCUT2D eigenvalue weighted by Gasteiger charge is -2.31. The Morgan fingerprint density at radius 2 is 1.85 bits per heavy atom. The standard InChI is InChI=1S/C19H16ClN3O2S/c1-11-6-8-13(9-7-11)23-18(25)14(17(24)22-19(23)26)10-21-16-5-3-4-15(20)12(16)2/h3-10,14H,1-2H3,(H,22,24,26)/t14-/m1/s1. The fourth-order valence-corrected chi connectivity index (χ4v) is 3.02. The van der Waals surface area contributed by atoms with Crippen LogP contribution in [0.3, 0.4) is 0 Å². The molecule has 1 aliphatic rings. The van der Waals surface area contributed by atoms with Crippen molar-refractivity contribution in [2.45, 2.75) is 13.8 Å². The fourth-order valence-electron chi connectivity index (χ4n) is 2.55. The number of nitrogens with one attached hydrogen (secondary N) is 1. The molecule has 0 bridgehead atoms. The molecule has 1 saturated heterocycles. The van der Waals surface area contributed by atoms with E-state index in [4.69, 9.17) is 23.8 Å². The minimum atomic E-state index is -1.07. The number of hydrogen-bond acceptors (Lipinski definition) is 4. The van der Waals surface area contributed by atoms with Crippen LogP contribution in [0.25, 0.3) is 0 Å². The number of nitrogens with zero attached hydrogens (tertiary/aromatic N) is 2. The fraction of sp³-hybridized carbons (Fsp3) is 0.158. The van der Waals surface area contributed by atoms with E-state index in [0.717, 1.165) is 11.1 Å². The summed E-state index contributed by atoms with van der Waals surface area (Å²) in [4.78, 5) is 30.7. The molecule has 1 atom stereocenters. The van der Waals surface area contributed by atoms with E-state index in [2.05, 4.69) is 10.3 Å². The molecular weight excluding hydrogens is 370 g/mol. The normalized spacial score (nSPS) is 17.7. The molecule has 2 aromatic rings. The van der Waals surface area contributed by atoms with Crippen molar-refractivity contribution in [3.05, 3.63) is 58.6 Å². The van der Waals surface area contributed by atoms with E-state index in [1.807, 2.05) is 26.0 Å². The van der Waals surface area contributed by atoms with Crippen LogP contribution in [0.2, 0.25) is 5.02 Å². The van der Waals surface area contributed by atoms with Gasteiger partial charge in [-0.25, -0.2) is 0 Å². The molecule has 1 N–H and O–H groups in total. The van der Waals surface area contributed by atoms with Gasteiger partial charge < -0.3 is 5.32 Å². The van der Waals surface area contributed by atoms with Gasteiger partial charge in [-0.15, -0.1) is 0 Å². The first-order chi connectivity index (χ1) is 12.4. The highest BCUT2D eigenvalue weighted by Gasteiger charge is 2.38. The summed E-state index contributed by atoms with van der Waals surface area (Å²) in [5.41, 5.74) is 3.04. The minimum absolute atomic E-state index is 0.0624. The number of benzene rings is 2. The summed E-state index contributed by atoms with van der Waals surface area (Å²) >= 11 is 11.3. The number of thiocarbonyl (C=S) groups is 1. The van der Waals surface area contributed by atoms with E-state index < -0.39 is 17.7 Å². The Morgan fingerprint density at radius 1 is 1.15 bits per heavy atom. The number of anilines is 1. The quantitative estimate of drug-likeness (QED) is 0.497. The SMILES string of the molecule is Cc1ccc(N2C(=O)[C@H](C=Nc3cccc(Cl)c3C)C(=O)NC2=S)cc1. The van der Waals surface area contributed by atoms with Gasteiger partial charge in [-0.05, 0) is 55.9 Å². The first-order valence-corrected chi connectivity index (χ1v) is 8.72. The molecule has 2 amide bonds. The number of carbonyl (C=O) groups excluding carboxylic acids is 2. The molecule has 132 valence electrons. The van der Waals surface area contributed by atoms with Crippen molar-refractivity contribution in [2.24, 2.45) is 10.9 Å². The maximum absolute atomic E-state index is 12.9. The van der Waals surface area contributed by atoms with Crippen LogP contribution >= 0.6 is 23.8 Å². The van der Waals surface area contributed by atoms with E-state index in [9.17, 15) is 9.59 Å². The van der Waals surface area contributed by atoms with Crippen molar-refractivity contribution in [1.82, 2.24) is 5.32 Å². The highest BCUT2D eigenvalue weighted by atomic mass is 35.5. The van der Waals surface area contributed by atoms with E-state index >= 15 is 0 Å². The van der Waals surface area contributed by atoms with E-state index in [0.29, 0.717) is 16.4 Å². The Kier molecular flexibility index (Phi) is 5.15. The van der Waals surface area contributed by atoms with Gasteiger partial charge in [0.15, 0.2) is 11.0 Å². The van der Waals surface area contributed by atoms with Gasteiger partial charge in [0, 0.05) is 11.2 Å². The number of aryl methyl sites for hydroxylation is 1. The van der Waals surface area contributed by atoms with Crippen molar-refractivity contribution >= 4 is 58.3 Å². The summed E-state index contributed by atoms with van der Waals surface area (Å²) in [6.45, 7) is 3.77. The molecular formula is C19H16ClN3O2S. The molecule has 0 radical (unpaired) electrons. The first kappa shape index (κ1) is 18.2. The minimum Gasteiger partial charge on any atom is -0.301 e. The predicted molar refractivity (Wildman–Crippen MR) is 107 cm³/mol. The molecule has 7 heteroatoms. The lowest BCUT2D eigenvalue weighted by atomic mass is 10.1. The third kappa shape index (κ3) is 3.52. The van der Waals surface area contributed by atoms with Crippen LogP contribution < -0.4 is 10.2 Å². The summed E-state index contributed by atoms with van der Waals surface area (Å²) in [5.74, 6) is -2.00. The lowest BCUT2D eigenvalue weighted by molar-refractivity contribution is -0.130. The van der Waals surface area contributed by atoms with Gasteiger partial charge in [0.25, 0.3) is 5.91 Å².